The number of hydrogen-bond acceptors (Lipinski definition) is 5. The van der Waals surface area contributed by atoms with Gasteiger partial charge < -0.3 is 10.2 Å². The van der Waals surface area contributed by atoms with Gasteiger partial charge >= 0.3 is 0 Å². The van der Waals surface area contributed by atoms with Gasteiger partial charge in [0.25, 0.3) is 5.91 Å². The summed E-state index contributed by atoms with van der Waals surface area (Å²) in [6.45, 7) is 8.74. The maximum absolute atomic E-state index is 12.3. The number of fused-ring (bicyclic) bond motifs is 1. The largest absolute Gasteiger partial charge is 0.354 e. The summed E-state index contributed by atoms with van der Waals surface area (Å²) in [5.41, 5.74) is 3.90. The third-order valence-corrected chi connectivity index (χ3v) is 5.51. The SMILES string of the molecule is CC(C)(C)c1cc(C(=O)NCC2CN(c3cc4c(nn3)CCCC4)C2)n[nH]1. The number of aromatic nitrogens is 4. The number of nitrogens with one attached hydrogen (secondary N) is 2. The highest BCUT2D eigenvalue weighted by atomic mass is 16.1. The van der Waals surface area contributed by atoms with Crippen molar-refractivity contribution in [1.29, 1.82) is 0 Å². The normalized spacial score (nSPS) is 17.4. The summed E-state index contributed by atoms with van der Waals surface area (Å²) in [6, 6.07) is 4.04. The number of amides is 1. The minimum atomic E-state index is -0.117. The predicted octanol–water partition coefficient (Wildman–Crippen LogP) is 2.24. The topological polar surface area (TPSA) is 86.8 Å². The zero-order valence-electron chi connectivity index (χ0n) is 16.4. The standard InChI is InChI=1S/C20H28N6O/c1-20(2,3)17-9-16(23-24-17)19(27)21-10-13-11-26(12-13)18-8-14-6-4-5-7-15(14)22-25-18/h8-9,13H,4-7,10-12H2,1-3H3,(H,21,27)(H,23,24). The summed E-state index contributed by atoms with van der Waals surface area (Å²) >= 11 is 0. The van der Waals surface area contributed by atoms with Crippen molar-refractivity contribution in [1.82, 2.24) is 25.7 Å². The van der Waals surface area contributed by atoms with Crippen LogP contribution < -0.4 is 10.2 Å². The molecule has 1 amide bonds. The van der Waals surface area contributed by atoms with E-state index in [1.807, 2.05) is 6.07 Å². The first kappa shape index (κ1) is 17.9. The van der Waals surface area contributed by atoms with Crippen LogP contribution >= 0.6 is 0 Å². The van der Waals surface area contributed by atoms with Gasteiger partial charge in [0.15, 0.2) is 5.82 Å². The van der Waals surface area contributed by atoms with Crippen LogP contribution in [0.2, 0.25) is 0 Å². The lowest BCUT2D eigenvalue weighted by atomic mass is 9.92. The number of carbonyl (C=O) groups excluding carboxylic acids is 1. The first-order valence-corrected chi connectivity index (χ1v) is 9.84. The van der Waals surface area contributed by atoms with Gasteiger partial charge in [0, 0.05) is 36.7 Å². The summed E-state index contributed by atoms with van der Waals surface area (Å²) in [5.74, 6) is 1.29. The summed E-state index contributed by atoms with van der Waals surface area (Å²) in [5, 5.41) is 18.9. The van der Waals surface area contributed by atoms with Crippen molar-refractivity contribution in [2.75, 3.05) is 24.5 Å². The van der Waals surface area contributed by atoms with Gasteiger partial charge in [-0.05, 0) is 43.4 Å². The van der Waals surface area contributed by atoms with Crippen LogP contribution in [0.5, 0.6) is 0 Å². The summed E-state index contributed by atoms with van der Waals surface area (Å²) in [6.07, 6.45) is 4.64. The van der Waals surface area contributed by atoms with E-state index in [1.165, 1.54) is 24.1 Å². The van der Waals surface area contributed by atoms with Gasteiger partial charge in [-0.2, -0.15) is 10.2 Å². The molecule has 27 heavy (non-hydrogen) atoms. The van der Waals surface area contributed by atoms with E-state index >= 15 is 0 Å². The van der Waals surface area contributed by atoms with Crippen molar-refractivity contribution in [3.8, 4) is 0 Å². The molecule has 2 aromatic rings. The maximum Gasteiger partial charge on any atom is 0.271 e. The number of aromatic amines is 1. The minimum Gasteiger partial charge on any atom is -0.354 e. The molecule has 0 saturated carbocycles. The molecule has 0 atom stereocenters. The Hall–Kier alpha value is -2.44. The molecule has 2 aliphatic rings. The summed E-state index contributed by atoms with van der Waals surface area (Å²) < 4.78 is 0. The highest BCUT2D eigenvalue weighted by Gasteiger charge is 2.29. The Morgan fingerprint density at radius 3 is 2.74 bits per heavy atom. The molecule has 1 saturated heterocycles. The van der Waals surface area contributed by atoms with Crippen molar-refractivity contribution in [2.45, 2.75) is 51.9 Å². The van der Waals surface area contributed by atoms with E-state index in [4.69, 9.17) is 0 Å². The lowest BCUT2D eigenvalue weighted by molar-refractivity contribution is 0.0939. The molecule has 2 N–H and O–H groups in total. The van der Waals surface area contributed by atoms with Crippen LogP contribution in [0, 0.1) is 5.92 Å². The third-order valence-electron chi connectivity index (χ3n) is 5.51. The van der Waals surface area contributed by atoms with Crippen molar-refractivity contribution in [3.05, 3.63) is 34.8 Å². The molecule has 0 radical (unpaired) electrons. The van der Waals surface area contributed by atoms with E-state index in [0.717, 1.165) is 37.4 Å². The Kier molecular flexibility index (Phi) is 4.61. The number of hydrogen-bond donors (Lipinski definition) is 2. The van der Waals surface area contributed by atoms with E-state index < -0.39 is 0 Å². The molecule has 3 heterocycles. The predicted molar refractivity (Wildman–Crippen MR) is 104 cm³/mol. The average Bonchev–Trinajstić information content (AvgIpc) is 3.10. The van der Waals surface area contributed by atoms with Crippen LogP contribution in [-0.4, -0.2) is 45.9 Å². The third kappa shape index (κ3) is 3.82. The quantitative estimate of drug-likeness (QED) is 0.864. The van der Waals surface area contributed by atoms with Gasteiger partial charge in [-0.3, -0.25) is 9.89 Å². The molecule has 1 fully saturated rings. The molecule has 4 rings (SSSR count). The lowest BCUT2D eigenvalue weighted by Crippen LogP contribution is -2.52. The molecule has 2 aromatic heterocycles. The Balaban J connectivity index is 1.27. The first-order valence-electron chi connectivity index (χ1n) is 9.84. The Labute approximate surface area is 159 Å². The fraction of sp³-hybridized carbons (Fsp3) is 0.600. The lowest BCUT2D eigenvalue weighted by Gasteiger charge is -2.40. The Bertz CT molecular complexity index is 831. The van der Waals surface area contributed by atoms with Gasteiger partial charge in [-0.25, -0.2) is 0 Å². The number of carbonyl (C=O) groups is 1. The van der Waals surface area contributed by atoms with Crippen LogP contribution in [0.4, 0.5) is 5.82 Å². The summed E-state index contributed by atoms with van der Waals surface area (Å²) in [7, 11) is 0. The van der Waals surface area contributed by atoms with Gasteiger partial charge in [0.05, 0.1) is 5.69 Å². The van der Waals surface area contributed by atoms with E-state index in [0.29, 0.717) is 18.2 Å². The van der Waals surface area contributed by atoms with E-state index in [1.54, 1.807) is 0 Å². The fourth-order valence-corrected chi connectivity index (χ4v) is 3.67. The van der Waals surface area contributed by atoms with Gasteiger partial charge in [-0.1, -0.05) is 20.8 Å². The zero-order valence-corrected chi connectivity index (χ0v) is 16.4. The number of H-pyrrole nitrogens is 1. The highest BCUT2D eigenvalue weighted by Crippen LogP contribution is 2.26. The highest BCUT2D eigenvalue weighted by molar-refractivity contribution is 5.92. The summed E-state index contributed by atoms with van der Waals surface area (Å²) in [4.78, 5) is 14.6. The monoisotopic (exact) mass is 368 g/mol. The van der Waals surface area contributed by atoms with Crippen LogP contribution in [0.3, 0.4) is 0 Å². The minimum absolute atomic E-state index is 0.0457. The molecule has 0 spiro atoms. The van der Waals surface area contributed by atoms with E-state index in [-0.39, 0.29) is 11.3 Å². The van der Waals surface area contributed by atoms with Crippen molar-refractivity contribution in [3.63, 3.8) is 0 Å². The fourth-order valence-electron chi connectivity index (χ4n) is 3.67. The Morgan fingerprint density at radius 2 is 2.00 bits per heavy atom. The van der Waals surface area contributed by atoms with E-state index in [2.05, 4.69) is 57.4 Å². The molecular weight excluding hydrogens is 340 g/mol. The number of rotatable bonds is 4. The second kappa shape index (κ2) is 6.94. The zero-order chi connectivity index (χ0) is 19.0. The maximum atomic E-state index is 12.3. The first-order chi connectivity index (χ1) is 12.9. The number of nitrogens with zero attached hydrogens (tertiary/aromatic N) is 4. The molecule has 0 aromatic carbocycles. The van der Waals surface area contributed by atoms with Crippen LogP contribution in [0.1, 0.15) is 61.1 Å². The number of anilines is 1. The molecule has 0 bridgehead atoms. The second-order valence-electron chi connectivity index (χ2n) is 8.78. The molecule has 0 unspecified atom stereocenters. The molecular formula is C20H28N6O. The molecule has 7 heteroatoms. The van der Waals surface area contributed by atoms with Crippen LogP contribution in [0.15, 0.2) is 12.1 Å². The molecule has 1 aliphatic carbocycles. The van der Waals surface area contributed by atoms with Crippen LogP contribution in [-0.2, 0) is 18.3 Å². The van der Waals surface area contributed by atoms with Gasteiger partial charge in [0.1, 0.15) is 5.69 Å². The Morgan fingerprint density at radius 1 is 1.22 bits per heavy atom. The van der Waals surface area contributed by atoms with Crippen molar-refractivity contribution < 1.29 is 4.79 Å². The molecule has 7 nitrogen and oxygen atoms in total. The van der Waals surface area contributed by atoms with Crippen LogP contribution in [0.25, 0.3) is 0 Å². The molecule has 144 valence electrons. The second-order valence-corrected chi connectivity index (χ2v) is 8.78. The average molecular weight is 368 g/mol. The van der Waals surface area contributed by atoms with Crippen molar-refractivity contribution in [2.24, 2.45) is 5.92 Å². The number of aryl methyl sites for hydroxylation is 2. The smallest absolute Gasteiger partial charge is 0.271 e. The molecule has 1 aliphatic heterocycles. The van der Waals surface area contributed by atoms with Gasteiger partial charge in [0.2, 0.25) is 0 Å². The van der Waals surface area contributed by atoms with E-state index in [9.17, 15) is 4.79 Å². The van der Waals surface area contributed by atoms with Crippen molar-refractivity contribution >= 4 is 11.7 Å². The van der Waals surface area contributed by atoms with Gasteiger partial charge in [-0.15, -0.1) is 5.10 Å².